The van der Waals surface area contributed by atoms with E-state index in [9.17, 15) is 0 Å². The Bertz CT molecular complexity index is 685. The molecule has 0 bridgehead atoms. The highest BCUT2D eigenvalue weighted by Gasteiger charge is 2.04. The molecule has 1 aromatic carbocycles. The number of pyridine rings is 1. The van der Waals surface area contributed by atoms with Gasteiger partial charge in [-0.15, -0.1) is 24.0 Å². The lowest BCUT2D eigenvalue weighted by Crippen LogP contribution is -2.36. The predicted octanol–water partition coefficient (Wildman–Crippen LogP) is 3.19. The smallest absolute Gasteiger partial charge is 0.191 e. The first kappa shape index (κ1) is 21.2. The van der Waals surface area contributed by atoms with Crippen LogP contribution < -0.4 is 15.5 Å². The van der Waals surface area contributed by atoms with Gasteiger partial charge >= 0.3 is 0 Å². The minimum absolute atomic E-state index is 0. The number of hydrogen-bond donors (Lipinski definition) is 2. The van der Waals surface area contributed by atoms with Crippen LogP contribution in [0.25, 0.3) is 0 Å². The largest absolute Gasteiger partial charge is 0.363 e. The number of nitrogens with zero attached hydrogens (tertiary/aromatic N) is 3. The van der Waals surface area contributed by atoms with E-state index >= 15 is 0 Å². The molecule has 0 saturated carbocycles. The maximum Gasteiger partial charge on any atom is 0.191 e. The van der Waals surface area contributed by atoms with Crippen molar-refractivity contribution in [3.05, 3.63) is 59.3 Å². The minimum atomic E-state index is 0. The Kier molecular flexibility index (Phi) is 9.26. The zero-order chi connectivity index (χ0) is 17.4. The number of hydrogen-bond acceptors (Lipinski definition) is 3. The van der Waals surface area contributed by atoms with E-state index in [-0.39, 0.29) is 24.0 Å². The fourth-order valence-corrected chi connectivity index (χ4v) is 2.46. The average Bonchev–Trinajstić information content (AvgIpc) is 2.62. The number of aromatic nitrogens is 1. The number of guanidine groups is 1. The summed E-state index contributed by atoms with van der Waals surface area (Å²) in [6, 6.07) is 14.5. The third-order valence-electron chi connectivity index (χ3n) is 3.86. The molecule has 0 aliphatic carbocycles. The second-order valence-electron chi connectivity index (χ2n) is 5.78. The Balaban J connectivity index is 0.00000312. The average molecular weight is 453 g/mol. The summed E-state index contributed by atoms with van der Waals surface area (Å²) < 4.78 is 0. The van der Waals surface area contributed by atoms with E-state index in [1.165, 1.54) is 11.1 Å². The van der Waals surface area contributed by atoms with E-state index in [0.29, 0.717) is 6.54 Å². The van der Waals surface area contributed by atoms with Crippen LogP contribution in [0.1, 0.15) is 23.7 Å². The lowest BCUT2D eigenvalue weighted by Gasteiger charge is -2.15. The van der Waals surface area contributed by atoms with E-state index < -0.39 is 0 Å². The number of rotatable bonds is 6. The lowest BCUT2D eigenvalue weighted by molar-refractivity contribution is 0.788. The first-order valence-corrected chi connectivity index (χ1v) is 8.28. The quantitative estimate of drug-likeness (QED) is 0.401. The summed E-state index contributed by atoms with van der Waals surface area (Å²) in [5.74, 6) is 1.73. The van der Waals surface area contributed by atoms with Gasteiger partial charge in [0.15, 0.2) is 5.96 Å². The zero-order valence-electron chi connectivity index (χ0n) is 15.4. The van der Waals surface area contributed by atoms with Crippen LogP contribution in [0, 0.1) is 0 Å². The topological polar surface area (TPSA) is 52.6 Å². The van der Waals surface area contributed by atoms with E-state index in [0.717, 1.165) is 30.4 Å². The van der Waals surface area contributed by atoms with Gasteiger partial charge in [0.1, 0.15) is 5.82 Å². The normalized spacial score (nSPS) is 10.8. The highest BCUT2D eigenvalue weighted by Crippen LogP contribution is 2.09. The molecule has 1 heterocycles. The molecule has 1 aromatic heterocycles. The van der Waals surface area contributed by atoms with Crippen molar-refractivity contribution in [3.63, 3.8) is 0 Å². The summed E-state index contributed by atoms with van der Waals surface area (Å²) >= 11 is 0. The lowest BCUT2D eigenvalue weighted by atomic mass is 10.1. The molecule has 25 heavy (non-hydrogen) atoms. The number of aryl methyl sites for hydroxylation is 1. The maximum atomic E-state index is 4.60. The molecule has 0 aliphatic heterocycles. The minimum Gasteiger partial charge on any atom is -0.363 e. The molecular weight excluding hydrogens is 425 g/mol. The maximum absolute atomic E-state index is 4.60. The fourth-order valence-electron chi connectivity index (χ4n) is 2.46. The molecule has 2 rings (SSSR count). The van der Waals surface area contributed by atoms with E-state index in [1.807, 2.05) is 37.2 Å². The first-order valence-electron chi connectivity index (χ1n) is 8.28. The Labute approximate surface area is 168 Å². The van der Waals surface area contributed by atoms with Crippen LogP contribution in [0.2, 0.25) is 0 Å². The molecule has 0 saturated heterocycles. The zero-order valence-corrected chi connectivity index (χ0v) is 17.7. The number of nitrogens with one attached hydrogen (secondary N) is 2. The van der Waals surface area contributed by atoms with Crippen molar-refractivity contribution in [3.8, 4) is 0 Å². The molecular formula is C19H28IN5. The van der Waals surface area contributed by atoms with E-state index in [2.05, 4.69) is 51.8 Å². The molecule has 0 aliphatic rings. The number of aliphatic imine (C=N–C) groups is 1. The molecule has 0 amide bonds. The monoisotopic (exact) mass is 453 g/mol. The molecule has 0 atom stereocenters. The van der Waals surface area contributed by atoms with Gasteiger partial charge in [0.25, 0.3) is 0 Å². The van der Waals surface area contributed by atoms with Crippen molar-refractivity contribution in [2.75, 3.05) is 26.0 Å². The molecule has 6 heteroatoms. The summed E-state index contributed by atoms with van der Waals surface area (Å²) in [4.78, 5) is 10.9. The Hall–Kier alpha value is -1.83. The van der Waals surface area contributed by atoms with Crippen LogP contribution in [0.4, 0.5) is 5.82 Å². The highest BCUT2D eigenvalue weighted by atomic mass is 127. The molecule has 2 N–H and O–H groups in total. The summed E-state index contributed by atoms with van der Waals surface area (Å²) in [6.45, 7) is 3.57. The van der Waals surface area contributed by atoms with Gasteiger partial charge in [-0.1, -0.05) is 37.3 Å². The van der Waals surface area contributed by atoms with E-state index in [4.69, 9.17) is 0 Å². The molecule has 0 spiro atoms. The Morgan fingerprint density at radius 3 is 2.32 bits per heavy atom. The molecule has 0 unspecified atom stereocenters. The van der Waals surface area contributed by atoms with Crippen molar-refractivity contribution >= 4 is 35.8 Å². The Morgan fingerprint density at radius 1 is 1.00 bits per heavy atom. The van der Waals surface area contributed by atoms with Gasteiger partial charge in [0.05, 0.1) is 12.2 Å². The SMILES string of the molecule is CCc1ccccc1CNC(=NC)NCc1cccc(N(C)C)n1.I. The molecule has 136 valence electrons. The van der Waals surface area contributed by atoms with Gasteiger partial charge in [-0.2, -0.15) is 0 Å². The van der Waals surface area contributed by atoms with Crippen LogP contribution in [-0.2, 0) is 19.5 Å². The van der Waals surface area contributed by atoms with Crippen molar-refractivity contribution in [1.82, 2.24) is 15.6 Å². The summed E-state index contributed by atoms with van der Waals surface area (Å²) in [7, 11) is 5.77. The summed E-state index contributed by atoms with van der Waals surface area (Å²) in [5.41, 5.74) is 3.65. The van der Waals surface area contributed by atoms with Gasteiger partial charge in [0.2, 0.25) is 0 Å². The van der Waals surface area contributed by atoms with Crippen molar-refractivity contribution in [2.24, 2.45) is 4.99 Å². The van der Waals surface area contributed by atoms with E-state index in [1.54, 1.807) is 7.05 Å². The van der Waals surface area contributed by atoms with Crippen LogP contribution in [0.15, 0.2) is 47.5 Å². The van der Waals surface area contributed by atoms with Gasteiger partial charge in [-0.25, -0.2) is 4.98 Å². The van der Waals surface area contributed by atoms with Crippen LogP contribution in [-0.4, -0.2) is 32.1 Å². The van der Waals surface area contributed by atoms with Crippen LogP contribution >= 0.6 is 24.0 Å². The Morgan fingerprint density at radius 2 is 1.68 bits per heavy atom. The second kappa shape index (κ2) is 10.9. The predicted molar refractivity (Wildman–Crippen MR) is 117 cm³/mol. The number of anilines is 1. The van der Waals surface area contributed by atoms with Gasteiger partial charge in [0, 0.05) is 27.7 Å². The number of benzene rings is 1. The molecule has 0 radical (unpaired) electrons. The third kappa shape index (κ3) is 6.53. The van der Waals surface area contributed by atoms with Crippen molar-refractivity contribution in [1.29, 1.82) is 0 Å². The summed E-state index contributed by atoms with van der Waals surface area (Å²) in [6.07, 6.45) is 1.03. The molecule has 0 fully saturated rings. The van der Waals surface area contributed by atoms with Gasteiger partial charge < -0.3 is 15.5 Å². The van der Waals surface area contributed by atoms with Gasteiger partial charge in [-0.3, -0.25) is 4.99 Å². The third-order valence-corrected chi connectivity index (χ3v) is 3.86. The van der Waals surface area contributed by atoms with Crippen molar-refractivity contribution in [2.45, 2.75) is 26.4 Å². The second-order valence-corrected chi connectivity index (χ2v) is 5.78. The van der Waals surface area contributed by atoms with Crippen molar-refractivity contribution < 1.29 is 0 Å². The standard InChI is InChI=1S/C19H27N5.HI/c1-5-15-9-6-7-10-16(15)13-21-19(20-2)22-14-17-11-8-12-18(23-17)24(3)4;/h6-12H,5,13-14H2,1-4H3,(H2,20,21,22);1H. The first-order chi connectivity index (χ1) is 11.6. The van der Waals surface area contributed by atoms with Gasteiger partial charge in [-0.05, 0) is 29.7 Å². The highest BCUT2D eigenvalue weighted by molar-refractivity contribution is 14.0. The fraction of sp³-hybridized carbons (Fsp3) is 0.368. The number of halogens is 1. The molecule has 2 aromatic rings. The summed E-state index contributed by atoms with van der Waals surface area (Å²) in [5, 5.41) is 6.69. The molecule has 5 nitrogen and oxygen atoms in total. The van der Waals surface area contributed by atoms with Crippen LogP contribution in [0.3, 0.4) is 0 Å². The van der Waals surface area contributed by atoms with Crippen LogP contribution in [0.5, 0.6) is 0 Å².